The number of hydrogen-bond acceptors (Lipinski definition) is 2. The fraction of sp³-hybridized carbons (Fsp3) is 0.438. The molecule has 1 aliphatic carbocycles. The number of rotatable bonds is 3. The van der Waals surface area contributed by atoms with Gasteiger partial charge in [-0.15, -0.1) is 0 Å². The van der Waals surface area contributed by atoms with E-state index in [4.69, 9.17) is 5.73 Å². The molecule has 0 radical (unpaired) electrons. The summed E-state index contributed by atoms with van der Waals surface area (Å²) >= 11 is 0. The van der Waals surface area contributed by atoms with Crippen LogP contribution in [-0.4, -0.2) is 9.78 Å². The second-order valence-electron chi connectivity index (χ2n) is 5.62. The summed E-state index contributed by atoms with van der Waals surface area (Å²) < 4.78 is 1.84. The Kier molecular flexibility index (Phi) is 3.15. The van der Waals surface area contributed by atoms with Crippen molar-refractivity contribution in [2.75, 3.05) is 0 Å². The van der Waals surface area contributed by atoms with Gasteiger partial charge in [0, 0.05) is 18.7 Å². The standard InChI is InChI=1S/C16H21N3/c1-19-12-9-14(18-19)15(17)16(10-5-6-11-16)13-7-3-2-4-8-13/h2-4,7-9,12,15H,5-6,10-11,17H2,1H3. The third-order valence-electron chi connectivity index (χ3n) is 4.49. The molecule has 0 aliphatic heterocycles. The van der Waals surface area contributed by atoms with Gasteiger partial charge in [0.05, 0.1) is 11.7 Å². The van der Waals surface area contributed by atoms with Crippen molar-refractivity contribution >= 4 is 0 Å². The van der Waals surface area contributed by atoms with Gasteiger partial charge in [-0.25, -0.2) is 0 Å². The molecule has 3 nitrogen and oxygen atoms in total. The van der Waals surface area contributed by atoms with Crippen molar-refractivity contribution in [3.63, 3.8) is 0 Å². The summed E-state index contributed by atoms with van der Waals surface area (Å²) in [6.45, 7) is 0. The Labute approximate surface area is 114 Å². The molecule has 0 saturated heterocycles. The van der Waals surface area contributed by atoms with Crippen molar-refractivity contribution < 1.29 is 0 Å². The molecule has 100 valence electrons. The Balaban J connectivity index is 2.01. The van der Waals surface area contributed by atoms with E-state index >= 15 is 0 Å². The second-order valence-corrected chi connectivity index (χ2v) is 5.62. The average molecular weight is 255 g/mol. The molecule has 1 aliphatic rings. The third kappa shape index (κ3) is 2.08. The average Bonchev–Trinajstić information content (AvgIpc) is 3.08. The molecule has 0 amide bonds. The highest BCUT2D eigenvalue weighted by Gasteiger charge is 2.42. The first-order chi connectivity index (χ1) is 9.22. The summed E-state index contributed by atoms with van der Waals surface area (Å²) in [6.07, 6.45) is 6.82. The van der Waals surface area contributed by atoms with Crippen LogP contribution in [0.25, 0.3) is 0 Å². The van der Waals surface area contributed by atoms with Crippen LogP contribution in [0.3, 0.4) is 0 Å². The SMILES string of the molecule is Cn1ccc(C(N)C2(c3ccccc3)CCCC2)n1. The summed E-state index contributed by atoms with van der Waals surface area (Å²) in [5.74, 6) is 0. The van der Waals surface area contributed by atoms with E-state index in [9.17, 15) is 0 Å². The predicted molar refractivity (Wildman–Crippen MR) is 76.7 cm³/mol. The summed E-state index contributed by atoms with van der Waals surface area (Å²) in [7, 11) is 1.94. The summed E-state index contributed by atoms with van der Waals surface area (Å²) in [5.41, 5.74) is 9.04. The van der Waals surface area contributed by atoms with Gasteiger partial charge in [-0.1, -0.05) is 43.2 Å². The molecule has 0 bridgehead atoms. The molecular formula is C16H21N3. The molecule has 1 heterocycles. The first-order valence-electron chi connectivity index (χ1n) is 7.03. The highest BCUT2D eigenvalue weighted by Crippen LogP contribution is 2.48. The Bertz CT molecular complexity index is 538. The molecule has 1 aromatic carbocycles. The monoisotopic (exact) mass is 255 g/mol. The van der Waals surface area contributed by atoms with Crippen LogP contribution in [0.2, 0.25) is 0 Å². The molecule has 2 aromatic rings. The minimum atomic E-state index is -0.0152. The Hall–Kier alpha value is -1.61. The fourth-order valence-electron chi connectivity index (χ4n) is 3.44. The van der Waals surface area contributed by atoms with Gasteiger partial charge in [-0.05, 0) is 24.5 Å². The lowest BCUT2D eigenvalue weighted by atomic mass is 9.72. The van der Waals surface area contributed by atoms with E-state index < -0.39 is 0 Å². The van der Waals surface area contributed by atoms with Gasteiger partial charge < -0.3 is 5.73 Å². The second kappa shape index (κ2) is 4.82. The largest absolute Gasteiger partial charge is 0.322 e. The Morgan fingerprint density at radius 2 is 1.84 bits per heavy atom. The van der Waals surface area contributed by atoms with Crippen LogP contribution in [0, 0.1) is 0 Å². The topological polar surface area (TPSA) is 43.8 Å². The van der Waals surface area contributed by atoms with Crippen molar-refractivity contribution in [2.24, 2.45) is 12.8 Å². The van der Waals surface area contributed by atoms with Gasteiger partial charge in [0.25, 0.3) is 0 Å². The van der Waals surface area contributed by atoms with Gasteiger partial charge in [0.2, 0.25) is 0 Å². The zero-order valence-corrected chi connectivity index (χ0v) is 11.4. The van der Waals surface area contributed by atoms with Crippen molar-refractivity contribution in [3.05, 3.63) is 53.9 Å². The van der Waals surface area contributed by atoms with E-state index in [-0.39, 0.29) is 11.5 Å². The lowest BCUT2D eigenvalue weighted by Gasteiger charge is -2.35. The number of nitrogens with two attached hydrogens (primary N) is 1. The summed E-state index contributed by atoms with van der Waals surface area (Å²) in [6, 6.07) is 12.8. The van der Waals surface area contributed by atoms with E-state index in [2.05, 4.69) is 35.4 Å². The third-order valence-corrected chi connectivity index (χ3v) is 4.49. The summed E-state index contributed by atoms with van der Waals surface area (Å²) in [4.78, 5) is 0. The zero-order valence-electron chi connectivity index (χ0n) is 11.4. The molecule has 19 heavy (non-hydrogen) atoms. The van der Waals surface area contributed by atoms with Gasteiger partial charge in [0.1, 0.15) is 0 Å². The highest BCUT2D eigenvalue weighted by atomic mass is 15.3. The normalized spacial score (nSPS) is 19.5. The fourth-order valence-corrected chi connectivity index (χ4v) is 3.44. The lowest BCUT2D eigenvalue weighted by molar-refractivity contribution is 0.349. The number of aryl methyl sites for hydroxylation is 1. The van der Waals surface area contributed by atoms with Crippen LogP contribution in [0.1, 0.15) is 43.0 Å². The Morgan fingerprint density at radius 1 is 1.16 bits per heavy atom. The maximum atomic E-state index is 6.60. The first-order valence-corrected chi connectivity index (χ1v) is 7.03. The molecule has 1 saturated carbocycles. The van der Waals surface area contributed by atoms with Crippen molar-refractivity contribution in [1.29, 1.82) is 0 Å². The maximum Gasteiger partial charge on any atom is 0.0800 e. The van der Waals surface area contributed by atoms with Crippen molar-refractivity contribution in [3.8, 4) is 0 Å². The quantitative estimate of drug-likeness (QED) is 0.916. The van der Waals surface area contributed by atoms with Crippen LogP contribution < -0.4 is 5.73 Å². The van der Waals surface area contributed by atoms with Gasteiger partial charge >= 0.3 is 0 Å². The number of hydrogen-bond donors (Lipinski definition) is 1. The first kappa shape index (κ1) is 12.4. The lowest BCUT2D eigenvalue weighted by Crippen LogP contribution is -2.36. The number of benzene rings is 1. The van der Waals surface area contributed by atoms with Gasteiger partial charge in [0.15, 0.2) is 0 Å². The minimum absolute atomic E-state index is 0.0152. The molecule has 0 spiro atoms. The van der Waals surface area contributed by atoms with E-state index in [1.54, 1.807) is 0 Å². The molecule has 1 unspecified atom stereocenters. The van der Waals surface area contributed by atoms with Crippen LogP contribution in [-0.2, 0) is 12.5 Å². The van der Waals surface area contributed by atoms with Crippen molar-refractivity contribution in [1.82, 2.24) is 9.78 Å². The van der Waals surface area contributed by atoms with Gasteiger partial charge in [-0.2, -0.15) is 5.10 Å². The smallest absolute Gasteiger partial charge is 0.0800 e. The molecule has 1 fully saturated rings. The number of nitrogens with zero attached hydrogens (tertiary/aromatic N) is 2. The van der Waals surface area contributed by atoms with Crippen LogP contribution >= 0.6 is 0 Å². The zero-order chi connectivity index (χ0) is 13.3. The van der Waals surface area contributed by atoms with Crippen LogP contribution in [0.15, 0.2) is 42.6 Å². The van der Waals surface area contributed by atoms with E-state index in [1.807, 2.05) is 24.0 Å². The molecule has 1 aromatic heterocycles. The van der Waals surface area contributed by atoms with Crippen LogP contribution in [0.4, 0.5) is 0 Å². The summed E-state index contributed by atoms with van der Waals surface area (Å²) in [5, 5.41) is 4.52. The molecule has 1 atom stereocenters. The van der Waals surface area contributed by atoms with Gasteiger partial charge in [-0.3, -0.25) is 4.68 Å². The van der Waals surface area contributed by atoms with Crippen molar-refractivity contribution in [2.45, 2.75) is 37.1 Å². The molecule has 3 heteroatoms. The minimum Gasteiger partial charge on any atom is -0.322 e. The molecule has 2 N–H and O–H groups in total. The molecular weight excluding hydrogens is 234 g/mol. The maximum absolute atomic E-state index is 6.60. The highest BCUT2D eigenvalue weighted by molar-refractivity contribution is 5.31. The van der Waals surface area contributed by atoms with E-state index in [0.717, 1.165) is 18.5 Å². The number of aromatic nitrogens is 2. The molecule has 3 rings (SSSR count). The van der Waals surface area contributed by atoms with E-state index in [0.29, 0.717) is 0 Å². The predicted octanol–water partition coefficient (Wildman–Crippen LogP) is 2.93. The Morgan fingerprint density at radius 3 is 2.42 bits per heavy atom. The van der Waals surface area contributed by atoms with Crippen LogP contribution in [0.5, 0.6) is 0 Å². The van der Waals surface area contributed by atoms with E-state index in [1.165, 1.54) is 18.4 Å².